The van der Waals surface area contributed by atoms with Crippen LogP contribution in [0, 0.1) is 5.82 Å². The highest BCUT2D eigenvalue weighted by atomic mass is 19.1. The fourth-order valence-electron chi connectivity index (χ4n) is 5.03. The predicted octanol–water partition coefficient (Wildman–Crippen LogP) is 5.98. The number of aliphatic carboxylic acids is 1. The van der Waals surface area contributed by atoms with Crippen LogP contribution in [0.4, 0.5) is 14.9 Å². The van der Waals surface area contributed by atoms with Gasteiger partial charge in [0.15, 0.2) is 6.04 Å². The number of nitrogens with one attached hydrogen (secondary N) is 2. The number of carboxylic acids is 1. The maximum Gasteiger partial charge on any atom is 0.411 e. The van der Waals surface area contributed by atoms with Crippen LogP contribution in [0.3, 0.4) is 0 Å². The Bertz CT molecular complexity index is 1560. The monoisotopic (exact) mass is 568 g/mol. The number of amides is 2. The second-order valence-electron chi connectivity index (χ2n) is 9.94. The summed E-state index contributed by atoms with van der Waals surface area (Å²) in [6.45, 7) is 1.72. The molecule has 0 saturated carbocycles. The molecule has 4 aromatic rings. The molecule has 0 radical (unpaired) electrons. The molecule has 0 aliphatic heterocycles. The van der Waals surface area contributed by atoms with Crippen molar-refractivity contribution in [1.29, 1.82) is 0 Å². The van der Waals surface area contributed by atoms with Gasteiger partial charge in [0.05, 0.1) is 18.3 Å². The first-order valence-corrected chi connectivity index (χ1v) is 13.4. The van der Waals surface area contributed by atoms with E-state index in [0.717, 1.165) is 39.9 Å². The van der Waals surface area contributed by atoms with Crippen LogP contribution in [0.25, 0.3) is 11.1 Å². The van der Waals surface area contributed by atoms with Crippen LogP contribution in [0.1, 0.15) is 39.9 Å². The minimum absolute atomic E-state index is 0.0789. The summed E-state index contributed by atoms with van der Waals surface area (Å²) in [6, 6.07) is 27.0. The Labute approximate surface area is 242 Å². The van der Waals surface area contributed by atoms with Crippen molar-refractivity contribution in [3.8, 4) is 11.1 Å². The van der Waals surface area contributed by atoms with E-state index in [9.17, 15) is 23.9 Å². The molecule has 9 heteroatoms. The first kappa shape index (κ1) is 28.5. The van der Waals surface area contributed by atoms with Gasteiger partial charge in [-0.15, -0.1) is 0 Å². The van der Waals surface area contributed by atoms with E-state index < -0.39 is 41.5 Å². The van der Waals surface area contributed by atoms with Gasteiger partial charge in [0.1, 0.15) is 12.4 Å². The Kier molecular flexibility index (Phi) is 8.59. The van der Waals surface area contributed by atoms with E-state index in [0.29, 0.717) is 0 Å². The van der Waals surface area contributed by atoms with Gasteiger partial charge >= 0.3 is 12.1 Å². The average molecular weight is 569 g/mol. The number of carbonyl (C=O) groups is 3. The standard InChI is InChI=1S/C33H29FN2O6/c1-20(41-18-21-9-3-2-4-10-21)30(32(38)39)36-31(37)27-17-22(15-16-29(27)34)35-33(40)42-19-28-25-13-7-5-11-23(25)24-12-6-8-14-26(24)28/h2-17,20,28,30H,18-19H2,1H3,(H,35,40)(H,36,37)(H,38,39)/t20-,30+/m0/s1. The summed E-state index contributed by atoms with van der Waals surface area (Å²) in [4.78, 5) is 37.5. The molecule has 8 nitrogen and oxygen atoms in total. The van der Waals surface area contributed by atoms with Gasteiger partial charge in [-0.05, 0) is 52.9 Å². The number of carboxylic acid groups (broad SMARTS) is 1. The fraction of sp³-hybridized carbons (Fsp3) is 0.182. The molecule has 4 aromatic carbocycles. The zero-order valence-corrected chi connectivity index (χ0v) is 22.8. The Balaban J connectivity index is 1.21. The Hall–Kier alpha value is -5.02. The van der Waals surface area contributed by atoms with Gasteiger partial charge in [0, 0.05) is 11.6 Å². The molecule has 42 heavy (non-hydrogen) atoms. The first-order valence-electron chi connectivity index (χ1n) is 13.4. The van der Waals surface area contributed by atoms with E-state index in [4.69, 9.17) is 9.47 Å². The highest BCUT2D eigenvalue weighted by Gasteiger charge is 2.30. The number of carbonyl (C=O) groups excluding carboxylic acids is 2. The van der Waals surface area contributed by atoms with Crippen molar-refractivity contribution >= 4 is 23.7 Å². The van der Waals surface area contributed by atoms with Crippen molar-refractivity contribution in [2.75, 3.05) is 11.9 Å². The minimum atomic E-state index is -1.45. The third-order valence-corrected chi connectivity index (χ3v) is 7.18. The molecule has 214 valence electrons. The lowest BCUT2D eigenvalue weighted by atomic mass is 9.98. The summed E-state index contributed by atoms with van der Waals surface area (Å²) in [6.07, 6.45) is -1.70. The van der Waals surface area contributed by atoms with E-state index in [1.807, 2.05) is 78.9 Å². The van der Waals surface area contributed by atoms with Crippen LogP contribution in [-0.2, 0) is 20.9 Å². The number of rotatable bonds is 10. The lowest BCUT2D eigenvalue weighted by molar-refractivity contribution is -0.143. The van der Waals surface area contributed by atoms with Gasteiger partial charge in [-0.25, -0.2) is 14.0 Å². The third kappa shape index (κ3) is 6.31. The summed E-state index contributed by atoms with van der Waals surface area (Å²) in [7, 11) is 0. The summed E-state index contributed by atoms with van der Waals surface area (Å²) >= 11 is 0. The topological polar surface area (TPSA) is 114 Å². The second-order valence-corrected chi connectivity index (χ2v) is 9.94. The number of hydrogen-bond acceptors (Lipinski definition) is 5. The quantitative estimate of drug-likeness (QED) is 0.217. The third-order valence-electron chi connectivity index (χ3n) is 7.18. The number of fused-ring (bicyclic) bond motifs is 3. The van der Waals surface area contributed by atoms with Crippen molar-refractivity contribution in [2.45, 2.75) is 31.6 Å². The number of hydrogen-bond donors (Lipinski definition) is 3. The molecule has 0 aromatic heterocycles. The first-order chi connectivity index (χ1) is 20.3. The van der Waals surface area contributed by atoms with E-state index in [-0.39, 0.29) is 24.8 Å². The minimum Gasteiger partial charge on any atom is -0.480 e. The Morgan fingerprint density at radius 2 is 1.50 bits per heavy atom. The highest BCUT2D eigenvalue weighted by Crippen LogP contribution is 2.44. The van der Waals surface area contributed by atoms with Crippen molar-refractivity contribution in [2.24, 2.45) is 0 Å². The van der Waals surface area contributed by atoms with Crippen LogP contribution in [0.2, 0.25) is 0 Å². The van der Waals surface area contributed by atoms with E-state index >= 15 is 0 Å². The molecule has 2 amide bonds. The molecule has 2 atom stereocenters. The number of halogens is 1. The van der Waals surface area contributed by atoms with Crippen molar-refractivity contribution in [1.82, 2.24) is 5.32 Å². The molecule has 0 saturated heterocycles. The SMILES string of the molecule is C[C@H](OCc1ccccc1)[C@@H](NC(=O)c1cc(NC(=O)OCC2c3ccccc3-c3ccccc32)ccc1F)C(=O)O. The van der Waals surface area contributed by atoms with Crippen molar-refractivity contribution in [3.63, 3.8) is 0 Å². The lowest BCUT2D eigenvalue weighted by Crippen LogP contribution is -2.48. The molecule has 0 fully saturated rings. The van der Waals surface area contributed by atoms with E-state index in [1.165, 1.54) is 13.0 Å². The second kappa shape index (κ2) is 12.7. The smallest absolute Gasteiger partial charge is 0.411 e. The van der Waals surface area contributed by atoms with Gasteiger partial charge in [0.2, 0.25) is 0 Å². The maximum atomic E-state index is 14.6. The molecule has 0 bridgehead atoms. The normalized spacial score (nSPS) is 13.4. The molecule has 0 heterocycles. The molecule has 3 N–H and O–H groups in total. The summed E-state index contributed by atoms with van der Waals surface area (Å²) < 4.78 is 25.8. The zero-order valence-electron chi connectivity index (χ0n) is 22.8. The van der Waals surface area contributed by atoms with Gasteiger partial charge in [-0.2, -0.15) is 0 Å². The van der Waals surface area contributed by atoms with Crippen molar-refractivity contribution < 1.29 is 33.4 Å². The van der Waals surface area contributed by atoms with Crippen molar-refractivity contribution in [3.05, 3.63) is 125 Å². The largest absolute Gasteiger partial charge is 0.480 e. The predicted molar refractivity (Wildman–Crippen MR) is 155 cm³/mol. The molecular weight excluding hydrogens is 539 g/mol. The number of anilines is 1. The molecule has 1 aliphatic carbocycles. The van der Waals surface area contributed by atoms with Gasteiger partial charge in [-0.1, -0.05) is 78.9 Å². The Morgan fingerprint density at radius 3 is 2.14 bits per heavy atom. The summed E-state index contributed by atoms with van der Waals surface area (Å²) in [5, 5.41) is 14.5. The molecule has 5 rings (SSSR count). The average Bonchev–Trinajstić information content (AvgIpc) is 3.32. The van der Waals surface area contributed by atoms with Crippen LogP contribution in [0.15, 0.2) is 97.1 Å². The molecule has 0 unspecified atom stereocenters. The van der Waals surface area contributed by atoms with Gasteiger partial charge in [0.25, 0.3) is 5.91 Å². The maximum absolute atomic E-state index is 14.6. The van der Waals surface area contributed by atoms with Crippen LogP contribution < -0.4 is 10.6 Å². The van der Waals surface area contributed by atoms with Crippen LogP contribution >= 0.6 is 0 Å². The van der Waals surface area contributed by atoms with Gasteiger partial charge in [-0.3, -0.25) is 10.1 Å². The number of ether oxygens (including phenoxy) is 2. The Morgan fingerprint density at radius 1 is 0.881 bits per heavy atom. The fourth-order valence-corrected chi connectivity index (χ4v) is 5.03. The highest BCUT2D eigenvalue weighted by molar-refractivity contribution is 5.98. The summed E-state index contributed by atoms with van der Waals surface area (Å²) in [5.41, 5.74) is 4.81. The van der Waals surface area contributed by atoms with Crippen LogP contribution in [0.5, 0.6) is 0 Å². The molecule has 0 spiro atoms. The van der Waals surface area contributed by atoms with Gasteiger partial charge < -0.3 is 19.9 Å². The number of benzene rings is 4. The van der Waals surface area contributed by atoms with E-state index in [1.54, 1.807) is 0 Å². The molecule has 1 aliphatic rings. The zero-order chi connectivity index (χ0) is 29.6. The lowest BCUT2D eigenvalue weighted by Gasteiger charge is -2.22. The molecular formula is C33H29FN2O6. The summed E-state index contributed by atoms with van der Waals surface area (Å²) in [5.74, 6) is -3.33. The van der Waals surface area contributed by atoms with Crippen LogP contribution in [-0.4, -0.2) is 41.8 Å². The van der Waals surface area contributed by atoms with E-state index in [2.05, 4.69) is 10.6 Å².